The number of carbonyl (C=O) groups is 1. The monoisotopic (exact) mass is 290 g/mol. The molecule has 21 heavy (non-hydrogen) atoms. The summed E-state index contributed by atoms with van der Waals surface area (Å²) < 4.78 is 10.6. The van der Waals surface area contributed by atoms with Crippen molar-refractivity contribution in [3.8, 4) is 5.75 Å². The van der Waals surface area contributed by atoms with Gasteiger partial charge in [-0.05, 0) is 17.7 Å². The normalized spacial score (nSPS) is 25.9. The summed E-state index contributed by atoms with van der Waals surface area (Å²) in [5, 5.41) is 3.36. The molecule has 1 aromatic rings. The zero-order valence-corrected chi connectivity index (χ0v) is 12.4. The van der Waals surface area contributed by atoms with E-state index in [4.69, 9.17) is 9.47 Å². The van der Waals surface area contributed by atoms with E-state index in [0.29, 0.717) is 26.3 Å². The van der Waals surface area contributed by atoms with E-state index in [9.17, 15) is 4.79 Å². The highest BCUT2D eigenvalue weighted by Gasteiger charge is 2.36. The molecule has 5 nitrogen and oxygen atoms in total. The number of benzene rings is 1. The molecule has 2 aliphatic heterocycles. The lowest BCUT2D eigenvalue weighted by Gasteiger charge is -2.31. The van der Waals surface area contributed by atoms with Crippen LogP contribution in [0.5, 0.6) is 5.75 Å². The first-order valence-electron chi connectivity index (χ1n) is 7.51. The van der Waals surface area contributed by atoms with Crippen LogP contribution < -0.4 is 10.1 Å². The van der Waals surface area contributed by atoms with Gasteiger partial charge in [-0.1, -0.05) is 12.1 Å². The Labute approximate surface area is 125 Å². The number of rotatable bonds is 3. The Kier molecular flexibility index (Phi) is 4.41. The van der Waals surface area contributed by atoms with E-state index in [1.165, 1.54) is 5.56 Å². The molecule has 114 valence electrons. The number of ether oxygens (including phenoxy) is 2. The molecular weight excluding hydrogens is 268 g/mol. The predicted molar refractivity (Wildman–Crippen MR) is 79.5 cm³/mol. The van der Waals surface area contributed by atoms with Crippen molar-refractivity contribution in [2.45, 2.75) is 5.92 Å². The third kappa shape index (κ3) is 3.04. The second-order valence-corrected chi connectivity index (χ2v) is 5.59. The Bertz CT molecular complexity index is 500. The number of nitrogens with one attached hydrogen (secondary N) is 1. The summed E-state index contributed by atoms with van der Waals surface area (Å²) in [4.78, 5) is 14.7. The fourth-order valence-electron chi connectivity index (χ4n) is 3.18. The number of hydrogen-bond acceptors (Lipinski definition) is 4. The van der Waals surface area contributed by atoms with Crippen molar-refractivity contribution in [1.29, 1.82) is 0 Å². The first-order valence-corrected chi connectivity index (χ1v) is 7.51. The minimum absolute atomic E-state index is 0.00945. The van der Waals surface area contributed by atoms with Gasteiger partial charge in [0.25, 0.3) is 0 Å². The molecule has 0 radical (unpaired) electrons. The Morgan fingerprint density at radius 2 is 2.14 bits per heavy atom. The lowest BCUT2D eigenvalue weighted by Crippen LogP contribution is -2.45. The quantitative estimate of drug-likeness (QED) is 0.897. The molecule has 5 heteroatoms. The highest BCUT2D eigenvalue weighted by atomic mass is 16.5. The van der Waals surface area contributed by atoms with Gasteiger partial charge in [0.15, 0.2) is 0 Å². The number of hydrogen-bond donors (Lipinski definition) is 1. The molecule has 0 bridgehead atoms. The second kappa shape index (κ2) is 6.45. The van der Waals surface area contributed by atoms with Crippen LogP contribution in [0.1, 0.15) is 11.5 Å². The van der Waals surface area contributed by atoms with E-state index in [1.807, 2.05) is 23.1 Å². The van der Waals surface area contributed by atoms with Crippen LogP contribution in [0.25, 0.3) is 0 Å². The highest BCUT2D eigenvalue weighted by molar-refractivity contribution is 5.80. The van der Waals surface area contributed by atoms with Crippen molar-refractivity contribution in [3.63, 3.8) is 0 Å². The van der Waals surface area contributed by atoms with Gasteiger partial charge in [0.2, 0.25) is 5.91 Å². The summed E-state index contributed by atoms with van der Waals surface area (Å²) in [6.45, 7) is 4.30. The van der Waals surface area contributed by atoms with E-state index >= 15 is 0 Å². The van der Waals surface area contributed by atoms with Gasteiger partial charge in [0, 0.05) is 32.1 Å². The van der Waals surface area contributed by atoms with Gasteiger partial charge in [0.05, 0.1) is 26.2 Å². The van der Waals surface area contributed by atoms with Crippen LogP contribution in [0.2, 0.25) is 0 Å². The fourth-order valence-corrected chi connectivity index (χ4v) is 3.18. The minimum atomic E-state index is 0.00945. The molecule has 2 heterocycles. The van der Waals surface area contributed by atoms with Crippen LogP contribution in [-0.2, 0) is 9.53 Å². The summed E-state index contributed by atoms with van der Waals surface area (Å²) in [5.41, 5.74) is 1.17. The molecule has 1 N–H and O–H groups in total. The summed E-state index contributed by atoms with van der Waals surface area (Å²) in [7, 11) is 1.67. The van der Waals surface area contributed by atoms with Crippen LogP contribution in [0.15, 0.2) is 24.3 Å². The van der Waals surface area contributed by atoms with Crippen LogP contribution in [0.3, 0.4) is 0 Å². The summed E-state index contributed by atoms with van der Waals surface area (Å²) in [5.74, 6) is 1.32. The van der Waals surface area contributed by atoms with E-state index in [1.54, 1.807) is 7.11 Å². The maximum atomic E-state index is 12.7. The number of amides is 1. The SMILES string of the molecule is COc1cccc(C2CNCC2C(=O)N2CCOCC2)c1. The predicted octanol–water partition coefficient (Wildman–Crippen LogP) is 0.857. The number of methoxy groups -OCH3 is 1. The van der Waals surface area contributed by atoms with Gasteiger partial charge < -0.3 is 19.7 Å². The van der Waals surface area contributed by atoms with Crippen LogP contribution in [0, 0.1) is 5.92 Å². The lowest BCUT2D eigenvalue weighted by atomic mass is 9.87. The Morgan fingerprint density at radius 3 is 2.90 bits per heavy atom. The topological polar surface area (TPSA) is 50.8 Å². The first kappa shape index (κ1) is 14.4. The zero-order valence-electron chi connectivity index (χ0n) is 12.4. The van der Waals surface area contributed by atoms with Crippen molar-refractivity contribution >= 4 is 5.91 Å². The smallest absolute Gasteiger partial charge is 0.227 e. The van der Waals surface area contributed by atoms with Crippen molar-refractivity contribution in [2.75, 3.05) is 46.5 Å². The van der Waals surface area contributed by atoms with E-state index in [-0.39, 0.29) is 17.7 Å². The molecule has 2 atom stereocenters. The molecule has 0 spiro atoms. The molecule has 2 fully saturated rings. The van der Waals surface area contributed by atoms with Gasteiger partial charge in [-0.25, -0.2) is 0 Å². The molecule has 1 aromatic carbocycles. The summed E-state index contributed by atoms with van der Waals surface area (Å²) >= 11 is 0. The maximum Gasteiger partial charge on any atom is 0.227 e. The number of carbonyl (C=O) groups excluding carboxylic acids is 1. The molecule has 2 unspecified atom stereocenters. The fraction of sp³-hybridized carbons (Fsp3) is 0.562. The third-order valence-corrected chi connectivity index (χ3v) is 4.38. The van der Waals surface area contributed by atoms with Crippen LogP contribution >= 0.6 is 0 Å². The Balaban J connectivity index is 1.76. The standard InChI is InChI=1S/C16H22N2O3/c1-20-13-4-2-3-12(9-13)14-10-17-11-15(14)16(19)18-5-7-21-8-6-18/h2-4,9,14-15,17H,5-8,10-11H2,1H3. The molecule has 3 rings (SSSR count). The van der Waals surface area contributed by atoms with Crippen LogP contribution in [0.4, 0.5) is 0 Å². The third-order valence-electron chi connectivity index (χ3n) is 4.38. The Morgan fingerprint density at radius 1 is 1.33 bits per heavy atom. The van der Waals surface area contributed by atoms with Gasteiger partial charge in [-0.3, -0.25) is 4.79 Å². The molecule has 1 amide bonds. The average Bonchev–Trinajstić information content (AvgIpc) is 3.04. The number of morpholine rings is 1. The second-order valence-electron chi connectivity index (χ2n) is 5.59. The molecule has 0 saturated carbocycles. The molecule has 0 aromatic heterocycles. The highest BCUT2D eigenvalue weighted by Crippen LogP contribution is 2.31. The van der Waals surface area contributed by atoms with Crippen molar-refractivity contribution in [1.82, 2.24) is 10.2 Å². The van der Waals surface area contributed by atoms with Crippen molar-refractivity contribution < 1.29 is 14.3 Å². The maximum absolute atomic E-state index is 12.7. The zero-order chi connectivity index (χ0) is 14.7. The Hall–Kier alpha value is -1.59. The lowest BCUT2D eigenvalue weighted by molar-refractivity contribution is -0.139. The van der Waals surface area contributed by atoms with Crippen LogP contribution in [-0.4, -0.2) is 57.3 Å². The summed E-state index contributed by atoms with van der Waals surface area (Å²) in [6, 6.07) is 8.05. The average molecular weight is 290 g/mol. The van der Waals surface area contributed by atoms with Gasteiger partial charge in [0.1, 0.15) is 5.75 Å². The van der Waals surface area contributed by atoms with Gasteiger partial charge in [-0.2, -0.15) is 0 Å². The minimum Gasteiger partial charge on any atom is -0.497 e. The largest absolute Gasteiger partial charge is 0.497 e. The van der Waals surface area contributed by atoms with Crippen molar-refractivity contribution in [3.05, 3.63) is 29.8 Å². The molecule has 0 aliphatic carbocycles. The number of nitrogens with zero attached hydrogens (tertiary/aromatic N) is 1. The van der Waals surface area contributed by atoms with E-state index in [2.05, 4.69) is 11.4 Å². The van der Waals surface area contributed by atoms with Gasteiger partial charge in [-0.15, -0.1) is 0 Å². The molecule has 2 aliphatic rings. The molecular formula is C16H22N2O3. The molecule has 2 saturated heterocycles. The van der Waals surface area contributed by atoms with E-state index < -0.39 is 0 Å². The summed E-state index contributed by atoms with van der Waals surface area (Å²) in [6.07, 6.45) is 0. The van der Waals surface area contributed by atoms with E-state index in [0.717, 1.165) is 18.8 Å². The first-order chi connectivity index (χ1) is 10.3. The van der Waals surface area contributed by atoms with Crippen molar-refractivity contribution in [2.24, 2.45) is 5.92 Å². The van der Waals surface area contributed by atoms with Gasteiger partial charge >= 0.3 is 0 Å².